The van der Waals surface area contributed by atoms with Crippen LogP contribution in [0.3, 0.4) is 0 Å². The van der Waals surface area contributed by atoms with Gasteiger partial charge in [-0.25, -0.2) is 9.78 Å². The molecule has 6 aromatic rings. The number of amides is 1. The predicted octanol–water partition coefficient (Wildman–Crippen LogP) is 9.77. The number of aromatic nitrogens is 2. The van der Waals surface area contributed by atoms with Crippen LogP contribution in [0.25, 0.3) is 21.9 Å². The highest BCUT2D eigenvalue weighted by molar-refractivity contribution is 6.08. The molecule has 2 heterocycles. The van der Waals surface area contributed by atoms with Gasteiger partial charge in [-0.2, -0.15) is 0 Å². The fourth-order valence-corrected chi connectivity index (χ4v) is 8.38. The topological polar surface area (TPSA) is 73.2 Å². The Balaban J connectivity index is 1.15. The lowest BCUT2D eigenvalue weighted by atomic mass is 9.83. The molecule has 260 valence electrons. The van der Waals surface area contributed by atoms with Crippen LogP contribution in [0.4, 0.5) is 0 Å². The number of rotatable bonds is 10. The fourth-order valence-electron chi connectivity index (χ4n) is 8.38. The molecule has 1 amide bonds. The zero-order chi connectivity index (χ0) is 35.6. The van der Waals surface area contributed by atoms with Crippen LogP contribution < -0.4 is 5.32 Å². The third kappa shape index (κ3) is 7.05. The van der Waals surface area contributed by atoms with Gasteiger partial charge < -0.3 is 14.6 Å². The lowest BCUT2D eigenvalue weighted by Crippen LogP contribution is -2.38. The molecule has 6 heteroatoms. The highest BCUT2D eigenvalue weighted by Gasteiger charge is 2.34. The summed E-state index contributed by atoms with van der Waals surface area (Å²) in [7, 11) is 0. The van der Waals surface area contributed by atoms with Crippen LogP contribution in [0.5, 0.6) is 0 Å². The zero-order valence-electron chi connectivity index (χ0n) is 30.3. The van der Waals surface area contributed by atoms with E-state index in [-0.39, 0.29) is 30.3 Å². The summed E-state index contributed by atoms with van der Waals surface area (Å²) in [5, 5.41) is 5.75. The van der Waals surface area contributed by atoms with Crippen molar-refractivity contribution in [2.75, 3.05) is 6.61 Å². The van der Waals surface area contributed by atoms with E-state index in [1.54, 1.807) is 0 Å². The normalized spacial score (nSPS) is 14.5. The number of hydrogen-bond donors (Lipinski definition) is 1. The second-order valence-electron chi connectivity index (χ2n) is 14.5. The van der Waals surface area contributed by atoms with Gasteiger partial charge in [0, 0.05) is 23.0 Å². The Labute approximate surface area is 300 Å². The molecule has 7 rings (SSSR count). The smallest absolute Gasteiger partial charge is 0.338 e. The number of hydrogen-bond acceptors (Lipinski definition) is 4. The van der Waals surface area contributed by atoms with Crippen LogP contribution in [0.1, 0.15) is 92.6 Å². The summed E-state index contributed by atoms with van der Waals surface area (Å²) in [5.41, 5.74) is 11.0. The number of esters is 1. The molecule has 2 atom stereocenters. The zero-order valence-corrected chi connectivity index (χ0v) is 30.3. The molecule has 1 N–H and O–H groups in total. The molecule has 4 aromatic carbocycles. The second kappa shape index (κ2) is 14.6. The summed E-state index contributed by atoms with van der Waals surface area (Å²) in [5.74, 6) is -0.447. The second-order valence-corrected chi connectivity index (χ2v) is 14.5. The van der Waals surface area contributed by atoms with E-state index in [4.69, 9.17) is 9.72 Å². The van der Waals surface area contributed by atoms with Crippen LogP contribution in [0.2, 0.25) is 0 Å². The maximum Gasteiger partial charge on any atom is 0.338 e. The molecule has 6 nitrogen and oxygen atoms in total. The Morgan fingerprint density at radius 3 is 2.18 bits per heavy atom. The SMILES string of the molecule is Cc1cc(C)c(C(=O)OCC(NC(=O)[C@H](c2ccc(Cn3c4ccccc4c4c(C)cc(C)nc43)cc2)C2CCCC2)c2ccccc2)c(C)c1. The van der Waals surface area contributed by atoms with Crippen molar-refractivity contribution in [1.82, 2.24) is 14.9 Å². The van der Waals surface area contributed by atoms with E-state index >= 15 is 0 Å². The van der Waals surface area contributed by atoms with E-state index in [1.807, 2.05) is 63.2 Å². The number of pyridine rings is 1. The number of aryl methyl sites for hydroxylation is 5. The number of ether oxygens (including phenoxy) is 1. The monoisotopic (exact) mass is 677 g/mol. The lowest BCUT2D eigenvalue weighted by Gasteiger charge is -2.27. The van der Waals surface area contributed by atoms with Crippen LogP contribution in [0.15, 0.2) is 97.1 Å². The highest BCUT2D eigenvalue weighted by atomic mass is 16.5. The first kappa shape index (κ1) is 34.2. The molecule has 2 aromatic heterocycles. The van der Waals surface area contributed by atoms with Crippen LogP contribution in [-0.2, 0) is 16.1 Å². The molecule has 0 radical (unpaired) electrons. The largest absolute Gasteiger partial charge is 0.460 e. The van der Waals surface area contributed by atoms with Crippen molar-refractivity contribution in [2.24, 2.45) is 5.92 Å². The lowest BCUT2D eigenvalue weighted by molar-refractivity contribution is -0.124. The minimum absolute atomic E-state index is 0.0280. The number of nitrogens with zero attached hydrogens (tertiary/aromatic N) is 2. The minimum Gasteiger partial charge on any atom is -0.460 e. The van der Waals surface area contributed by atoms with Gasteiger partial charge in [0.1, 0.15) is 12.3 Å². The maximum atomic E-state index is 14.4. The molecule has 0 spiro atoms. The van der Waals surface area contributed by atoms with Crippen LogP contribution >= 0.6 is 0 Å². The number of para-hydroxylation sites is 1. The van der Waals surface area contributed by atoms with Crippen molar-refractivity contribution in [1.29, 1.82) is 0 Å². The summed E-state index contributed by atoms with van der Waals surface area (Å²) in [6.45, 7) is 10.8. The molecule has 0 saturated heterocycles. The van der Waals surface area contributed by atoms with E-state index in [0.29, 0.717) is 12.1 Å². The van der Waals surface area contributed by atoms with Crippen LogP contribution in [-0.4, -0.2) is 28.0 Å². The van der Waals surface area contributed by atoms with E-state index in [2.05, 4.69) is 78.3 Å². The van der Waals surface area contributed by atoms with Gasteiger partial charge in [-0.1, -0.05) is 103 Å². The van der Waals surface area contributed by atoms with Gasteiger partial charge in [0.05, 0.1) is 23.0 Å². The van der Waals surface area contributed by atoms with Crippen molar-refractivity contribution >= 4 is 33.8 Å². The van der Waals surface area contributed by atoms with Gasteiger partial charge >= 0.3 is 5.97 Å². The molecular formula is C45H47N3O3. The molecule has 51 heavy (non-hydrogen) atoms. The third-order valence-corrected chi connectivity index (χ3v) is 10.7. The molecular weight excluding hydrogens is 631 g/mol. The molecule has 0 bridgehead atoms. The Morgan fingerprint density at radius 2 is 1.47 bits per heavy atom. The molecule has 1 aliphatic carbocycles. The minimum atomic E-state index is -0.480. The first-order chi connectivity index (χ1) is 24.7. The maximum absolute atomic E-state index is 14.4. The fraction of sp³-hybridized carbons (Fsp3) is 0.311. The van der Waals surface area contributed by atoms with Gasteiger partial charge in [-0.15, -0.1) is 0 Å². The van der Waals surface area contributed by atoms with Crippen molar-refractivity contribution < 1.29 is 14.3 Å². The third-order valence-electron chi connectivity index (χ3n) is 10.7. The van der Waals surface area contributed by atoms with Gasteiger partial charge in [0.25, 0.3) is 0 Å². The first-order valence-corrected chi connectivity index (χ1v) is 18.2. The van der Waals surface area contributed by atoms with Gasteiger partial charge in [-0.05, 0) is 98.9 Å². The summed E-state index contributed by atoms with van der Waals surface area (Å²) in [4.78, 5) is 32.8. The number of nitrogens with one attached hydrogen (secondary N) is 1. The summed E-state index contributed by atoms with van der Waals surface area (Å²) in [6.07, 6.45) is 4.29. The van der Waals surface area contributed by atoms with E-state index in [0.717, 1.165) is 70.4 Å². The first-order valence-electron chi connectivity index (χ1n) is 18.2. The van der Waals surface area contributed by atoms with E-state index < -0.39 is 6.04 Å². The number of carbonyl (C=O) groups excluding carboxylic acids is 2. The quantitative estimate of drug-likeness (QED) is 0.147. The molecule has 1 saturated carbocycles. The molecule has 1 unspecified atom stereocenters. The number of fused-ring (bicyclic) bond motifs is 3. The van der Waals surface area contributed by atoms with E-state index in [1.165, 1.54) is 21.9 Å². The van der Waals surface area contributed by atoms with Crippen molar-refractivity contribution in [3.05, 3.63) is 147 Å². The average Bonchev–Trinajstić information content (AvgIpc) is 3.74. The van der Waals surface area contributed by atoms with Crippen molar-refractivity contribution in [3.63, 3.8) is 0 Å². The van der Waals surface area contributed by atoms with Crippen molar-refractivity contribution in [2.45, 2.75) is 78.8 Å². The Kier molecular flexibility index (Phi) is 9.77. The standard InChI is InChI=1S/C45H47N3O3/c1-28-23-29(2)40(30(3)24-28)45(50)51-27-38(34-13-7-6-8-14-34)47-44(49)42(35-15-9-10-16-35)36-21-19-33(20-22-36)26-48-39-18-12-11-17-37(39)41-31(4)25-32(5)46-43(41)48/h6-8,11-14,17-25,35,38,42H,9-10,15-16,26-27H2,1-5H3,(H,47,49)/t38?,42-/m0/s1. The molecule has 0 aliphatic heterocycles. The number of carbonyl (C=O) groups is 2. The molecule has 1 aliphatic rings. The predicted molar refractivity (Wildman–Crippen MR) is 205 cm³/mol. The Bertz CT molecular complexity index is 2190. The summed E-state index contributed by atoms with van der Waals surface area (Å²) in [6, 6.07) is 32.6. The van der Waals surface area contributed by atoms with Crippen LogP contribution in [0, 0.1) is 40.5 Å². The highest BCUT2D eigenvalue weighted by Crippen LogP contribution is 2.39. The van der Waals surface area contributed by atoms with E-state index in [9.17, 15) is 9.59 Å². The summed E-state index contributed by atoms with van der Waals surface area (Å²) < 4.78 is 8.25. The average molecular weight is 678 g/mol. The van der Waals surface area contributed by atoms with Crippen molar-refractivity contribution in [3.8, 4) is 0 Å². The van der Waals surface area contributed by atoms with Gasteiger partial charge in [0.15, 0.2) is 0 Å². The van der Waals surface area contributed by atoms with Gasteiger partial charge in [0.2, 0.25) is 5.91 Å². The summed E-state index contributed by atoms with van der Waals surface area (Å²) >= 11 is 0. The molecule has 1 fully saturated rings. The van der Waals surface area contributed by atoms with Gasteiger partial charge in [-0.3, -0.25) is 4.79 Å². The Hall–Kier alpha value is -5.23. The number of benzene rings is 4. The Morgan fingerprint density at radius 1 is 0.804 bits per heavy atom.